The fraction of sp³-hybridized carbons (Fsp3) is 0.562. The Labute approximate surface area is 119 Å². The Morgan fingerprint density at radius 2 is 2.15 bits per heavy atom. The molecule has 1 unspecified atom stereocenters. The van der Waals surface area contributed by atoms with Crippen LogP contribution in [0.3, 0.4) is 0 Å². The van der Waals surface area contributed by atoms with Crippen molar-refractivity contribution in [3.05, 3.63) is 23.8 Å². The molecule has 0 amide bonds. The fourth-order valence-corrected chi connectivity index (χ4v) is 3.07. The monoisotopic (exact) mass is 275 g/mol. The second-order valence-electron chi connectivity index (χ2n) is 5.57. The van der Waals surface area contributed by atoms with Gasteiger partial charge >= 0.3 is 0 Å². The minimum absolute atomic E-state index is 0.0581. The van der Waals surface area contributed by atoms with Gasteiger partial charge in [0.2, 0.25) is 0 Å². The summed E-state index contributed by atoms with van der Waals surface area (Å²) in [5, 5.41) is 0. The van der Waals surface area contributed by atoms with Crippen molar-refractivity contribution in [1.82, 2.24) is 4.90 Å². The van der Waals surface area contributed by atoms with E-state index < -0.39 is 0 Å². The molecule has 1 saturated heterocycles. The number of hydrogen-bond donors (Lipinski definition) is 0. The van der Waals surface area contributed by atoms with E-state index in [-0.39, 0.29) is 11.7 Å². The Balaban J connectivity index is 1.79. The van der Waals surface area contributed by atoms with Crippen molar-refractivity contribution in [3.63, 3.8) is 0 Å². The van der Waals surface area contributed by atoms with Crippen LogP contribution >= 0.6 is 0 Å². The first kappa shape index (κ1) is 13.4. The van der Waals surface area contributed by atoms with E-state index >= 15 is 0 Å². The summed E-state index contributed by atoms with van der Waals surface area (Å²) >= 11 is 0. The van der Waals surface area contributed by atoms with Crippen molar-refractivity contribution in [2.45, 2.75) is 19.3 Å². The molecule has 0 bridgehead atoms. The minimum atomic E-state index is 0.0581. The van der Waals surface area contributed by atoms with Crippen LogP contribution < -0.4 is 9.47 Å². The molecule has 1 aromatic carbocycles. The minimum Gasteiger partial charge on any atom is -0.497 e. The zero-order chi connectivity index (χ0) is 13.9. The molecular weight excluding hydrogens is 254 g/mol. The Kier molecular flexibility index (Phi) is 3.92. The number of nitrogens with zero attached hydrogens (tertiary/aromatic N) is 1. The highest BCUT2D eigenvalue weighted by molar-refractivity contribution is 6.01. The lowest BCUT2D eigenvalue weighted by Crippen LogP contribution is -2.31. The third kappa shape index (κ3) is 2.66. The zero-order valence-electron chi connectivity index (χ0n) is 11.9. The van der Waals surface area contributed by atoms with Crippen LogP contribution in [-0.4, -0.2) is 44.0 Å². The maximum atomic E-state index is 12.7. The van der Waals surface area contributed by atoms with Gasteiger partial charge in [-0.1, -0.05) is 0 Å². The molecule has 3 rings (SSSR count). The van der Waals surface area contributed by atoms with Crippen LogP contribution in [0.4, 0.5) is 0 Å². The van der Waals surface area contributed by atoms with Crippen molar-refractivity contribution >= 4 is 5.78 Å². The first-order valence-corrected chi connectivity index (χ1v) is 7.35. The Morgan fingerprint density at radius 3 is 2.90 bits per heavy atom. The van der Waals surface area contributed by atoms with Crippen LogP contribution in [0.2, 0.25) is 0 Å². The van der Waals surface area contributed by atoms with E-state index in [1.165, 1.54) is 12.8 Å². The van der Waals surface area contributed by atoms with Crippen LogP contribution in [0.5, 0.6) is 11.5 Å². The second kappa shape index (κ2) is 5.83. The number of ether oxygens (including phenoxy) is 2. The maximum Gasteiger partial charge on any atom is 0.171 e. The number of carbonyl (C=O) groups excluding carboxylic acids is 1. The Bertz CT molecular complexity index is 494. The number of rotatable bonds is 3. The molecule has 108 valence electrons. The Hall–Kier alpha value is -1.55. The van der Waals surface area contributed by atoms with Crippen molar-refractivity contribution in [2.75, 3.05) is 33.4 Å². The summed E-state index contributed by atoms with van der Waals surface area (Å²) in [6.07, 6.45) is 3.31. The van der Waals surface area contributed by atoms with Gasteiger partial charge in [-0.25, -0.2) is 0 Å². The number of carbonyl (C=O) groups is 1. The number of Topliss-reactive ketones (excluding diaryl/α,β-unsaturated/α-hetero) is 1. The zero-order valence-corrected chi connectivity index (χ0v) is 11.9. The lowest BCUT2D eigenvalue weighted by Gasteiger charge is -2.20. The van der Waals surface area contributed by atoms with Gasteiger partial charge in [0.05, 0.1) is 19.3 Å². The van der Waals surface area contributed by atoms with Gasteiger partial charge in [-0.05, 0) is 44.5 Å². The van der Waals surface area contributed by atoms with E-state index in [0.717, 1.165) is 31.8 Å². The van der Waals surface area contributed by atoms with Crippen LogP contribution in [-0.2, 0) is 0 Å². The van der Waals surface area contributed by atoms with Gasteiger partial charge in [0.1, 0.15) is 11.5 Å². The highest BCUT2D eigenvalue weighted by Gasteiger charge is 2.29. The molecule has 4 heteroatoms. The first-order chi connectivity index (χ1) is 9.78. The number of ketones is 1. The normalized spacial score (nSPS) is 23.1. The number of hydrogen-bond acceptors (Lipinski definition) is 4. The van der Waals surface area contributed by atoms with E-state index in [1.54, 1.807) is 7.11 Å². The highest BCUT2D eigenvalue weighted by Crippen LogP contribution is 2.31. The first-order valence-electron chi connectivity index (χ1n) is 7.35. The van der Waals surface area contributed by atoms with Gasteiger partial charge in [-0.15, -0.1) is 0 Å². The topological polar surface area (TPSA) is 38.8 Å². The second-order valence-corrected chi connectivity index (χ2v) is 5.57. The van der Waals surface area contributed by atoms with E-state index in [4.69, 9.17) is 9.47 Å². The average Bonchev–Trinajstić information content (AvgIpc) is 2.93. The predicted molar refractivity (Wildman–Crippen MR) is 76.6 cm³/mol. The summed E-state index contributed by atoms with van der Waals surface area (Å²) in [6, 6.07) is 5.47. The van der Waals surface area contributed by atoms with Crippen LogP contribution in [0, 0.1) is 5.92 Å². The summed E-state index contributed by atoms with van der Waals surface area (Å²) in [5.41, 5.74) is 0.701. The van der Waals surface area contributed by atoms with Crippen LogP contribution in [0.25, 0.3) is 0 Å². The quantitative estimate of drug-likeness (QED) is 0.849. The average molecular weight is 275 g/mol. The number of methoxy groups -OCH3 is 1. The number of fused-ring (bicyclic) bond motifs is 1. The molecule has 20 heavy (non-hydrogen) atoms. The molecule has 0 saturated carbocycles. The van der Waals surface area contributed by atoms with Crippen molar-refractivity contribution in [3.8, 4) is 11.5 Å². The lowest BCUT2D eigenvalue weighted by molar-refractivity contribution is 0.0883. The molecule has 0 radical (unpaired) electrons. The van der Waals surface area contributed by atoms with Gasteiger partial charge in [0, 0.05) is 18.5 Å². The van der Waals surface area contributed by atoms with E-state index in [1.807, 2.05) is 18.2 Å². The standard InChI is InChI=1S/C16H21NO3/c1-19-13-4-5-14-15(10-13)20-9-6-12(16(14)18)11-17-7-2-3-8-17/h4-5,10,12H,2-3,6-9,11H2,1H3. The highest BCUT2D eigenvalue weighted by atomic mass is 16.5. The third-order valence-electron chi connectivity index (χ3n) is 4.23. The molecule has 1 aromatic rings. The van der Waals surface area contributed by atoms with Crippen LogP contribution in [0.1, 0.15) is 29.6 Å². The van der Waals surface area contributed by atoms with Gasteiger partial charge in [0.25, 0.3) is 0 Å². The largest absolute Gasteiger partial charge is 0.497 e. The summed E-state index contributed by atoms with van der Waals surface area (Å²) in [4.78, 5) is 15.1. The summed E-state index contributed by atoms with van der Waals surface area (Å²) in [5.74, 6) is 1.67. The molecule has 1 fully saturated rings. The van der Waals surface area contributed by atoms with Crippen LogP contribution in [0.15, 0.2) is 18.2 Å². The van der Waals surface area contributed by atoms with Gasteiger partial charge < -0.3 is 14.4 Å². The van der Waals surface area contributed by atoms with Gasteiger partial charge in [-0.2, -0.15) is 0 Å². The molecule has 4 nitrogen and oxygen atoms in total. The van der Waals surface area contributed by atoms with E-state index in [2.05, 4.69) is 4.90 Å². The molecule has 0 spiro atoms. The molecule has 0 aromatic heterocycles. The maximum absolute atomic E-state index is 12.7. The summed E-state index contributed by atoms with van der Waals surface area (Å²) < 4.78 is 10.9. The summed E-state index contributed by atoms with van der Waals surface area (Å²) in [7, 11) is 1.62. The SMILES string of the molecule is COc1ccc2c(c1)OCCC(CN1CCCC1)C2=O. The molecule has 2 heterocycles. The fourth-order valence-electron chi connectivity index (χ4n) is 3.07. The molecular formula is C16H21NO3. The lowest BCUT2D eigenvalue weighted by atomic mass is 9.94. The van der Waals surface area contributed by atoms with E-state index in [9.17, 15) is 4.79 Å². The Morgan fingerprint density at radius 1 is 1.35 bits per heavy atom. The summed E-state index contributed by atoms with van der Waals surface area (Å²) in [6.45, 7) is 3.72. The molecule has 2 aliphatic heterocycles. The third-order valence-corrected chi connectivity index (χ3v) is 4.23. The smallest absolute Gasteiger partial charge is 0.171 e. The molecule has 0 aliphatic carbocycles. The van der Waals surface area contributed by atoms with Gasteiger partial charge in [-0.3, -0.25) is 4.79 Å². The molecule has 1 atom stereocenters. The van der Waals surface area contributed by atoms with Crippen molar-refractivity contribution < 1.29 is 14.3 Å². The predicted octanol–water partition coefficient (Wildman–Crippen LogP) is 2.37. The number of likely N-dealkylation sites (tertiary alicyclic amines) is 1. The molecule has 0 N–H and O–H groups in total. The number of benzene rings is 1. The van der Waals surface area contributed by atoms with Gasteiger partial charge in [0.15, 0.2) is 5.78 Å². The van der Waals surface area contributed by atoms with Crippen molar-refractivity contribution in [2.24, 2.45) is 5.92 Å². The van der Waals surface area contributed by atoms with Crippen molar-refractivity contribution in [1.29, 1.82) is 0 Å². The van der Waals surface area contributed by atoms with E-state index in [0.29, 0.717) is 17.9 Å². The molecule has 2 aliphatic rings.